The summed E-state index contributed by atoms with van der Waals surface area (Å²) >= 11 is 0. The number of hydrogen-bond donors (Lipinski definition) is 1. The van der Waals surface area contributed by atoms with Gasteiger partial charge < -0.3 is 14.8 Å². The molecule has 0 aliphatic heterocycles. The van der Waals surface area contributed by atoms with Crippen LogP contribution in [0.5, 0.6) is 11.5 Å². The minimum Gasteiger partial charge on any atom is -0.497 e. The number of methoxy groups -OCH3 is 2. The molecule has 7 nitrogen and oxygen atoms in total. The number of hydrogen-bond acceptors (Lipinski definition) is 5. The van der Waals surface area contributed by atoms with Crippen LogP contribution in [0.25, 0.3) is 0 Å². The molecule has 0 radical (unpaired) electrons. The molecule has 0 saturated heterocycles. The van der Waals surface area contributed by atoms with E-state index in [0.717, 1.165) is 16.1 Å². The van der Waals surface area contributed by atoms with Crippen molar-refractivity contribution in [3.8, 4) is 11.5 Å². The fourth-order valence-electron chi connectivity index (χ4n) is 2.72. The quantitative estimate of drug-likeness (QED) is 0.691. The van der Waals surface area contributed by atoms with Crippen molar-refractivity contribution in [2.45, 2.75) is 12.8 Å². The van der Waals surface area contributed by atoms with Gasteiger partial charge in [-0.2, -0.15) is 0 Å². The van der Waals surface area contributed by atoms with Gasteiger partial charge in [0.2, 0.25) is 15.9 Å². The van der Waals surface area contributed by atoms with Crippen molar-refractivity contribution >= 4 is 21.6 Å². The molecular formula is C20H26N2O5S. The minimum absolute atomic E-state index is 0.104. The number of anilines is 1. The number of carbonyl (C=O) groups excluding carboxylic acids is 1. The van der Waals surface area contributed by atoms with Crippen LogP contribution in [-0.2, 0) is 14.8 Å². The molecule has 0 heterocycles. The van der Waals surface area contributed by atoms with E-state index >= 15 is 0 Å². The van der Waals surface area contributed by atoms with Crippen LogP contribution < -0.4 is 19.1 Å². The number of ether oxygens (including phenoxy) is 2. The Kier molecular flexibility index (Phi) is 7.28. The Morgan fingerprint density at radius 3 is 2.36 bits per heavy atom. The van der Waals surface area contributed by atoms with Gasteiger partial charge in [-0.1, -0.05) is 37.3 Å². The zero-order valence-corrected chi connectivity index (χ0v) is 17.3. The van der Waals surface area contributed by atoms with E-state index in [1.807, 2.05) is 37.3 Å². The maximum absolute atomic E-state index is 12.4. The van der Waals surface area contributed by atoms with Gasteiger partial charge in [0, 0.05) is 12.6 Å². The molecule has 1 N–H and O–H groups in total. The van der Waals surface area contributed by atoms with E-state index in [1.54, 1.807) is 18.2 Å². The molecule has 0 unspecified atom stereocenters. The van der Waals surface area contributed by atoms with Crippen LogP contribution >= 0.6 is 0 Å². The summed E-state index contributed by atoms with van der Waals surface area (Å²) < 4.78 is 36.1. The smallest absolute Gasteiger partial charge is 0.240 e. The SMILES string of the molecule is COc1ccc(N(CC(=O)NC[C@@H](C)c2ccccc2)S(C)(=O)=O)c(OC)c1. The maximum atomic E-state index is 12.4. The van der Waals surface area contributed by atoms with Gasteiger partial charge in [0.05, 0.1) is 26.2 Å². The molecule has 0 fully saturated rings. The van der Waals surface area contributed by atoms with Gasteiger partial charge in [0.25, 0.3) is 0 Å². The normalized spacial score (nSPS) is 12.1. The van der Waals surface area contributed by atoms with Crippen molar-refractivity contribution in [3.63, 3.8) is 0 Å². The van der Waals surface area contributed by atoms with Gasteiger partial charge in [0.1, 0.15) is 18.0 Å². The lowest BCUT2D eigenvalue weighted by Gasteiger charge is -2.24. The van der Waals surface area contributed by atoms with Crippen molar-refractivity contribution in [1.82, 2.24) is 5.32 Å². The van der Waals surface area contributed by atoms with Crippen LogP contribution in [0.2, 0.25) is 0 Å². The van der Waals surface area contributed by atoms with Crippen LogP contribution in [0, 0.1) is 0 Å². The number of amides is 1. The topological polar surface area (TPSA) is 84.9 Å². The third-order valence-corrected chi connectivity index (χ3v) is 5.44. The Morgan fingerprint density at radius 2 is 1.79 bits per heavy atom. The summed E-state index contributed by atoms with van der Waals surface area (Å²) in [5, 5.41) is 2.80. The first-order valence-electron chi connectivity index (χ1n) is 8.77. The second-order valence-corrected chi connectivity index (χ2v) is 8.33. The summed E-state index contributed by atoms with van der Waals surface area (Å²) in [6.45, 7) is 2.06. The van der Waals surface area contributed by atoms with Gasteiger partial charge >= 0.3 is 0 Å². The molecule has 0 aromatic heterocycles. The van der Waals surface area contributed by atoms with E-state index in [4.69, 9.17) is 9.47 Å². The molecule has 0 spiro atoms. The van der Waals surface area contributed by atoms with Crippen molar-refractivity contribution < 1.29 is 22.7 Å². The Hall–Kier alpha value is -2.74. The van der Waals surface area contributed by atoms with Crippen LogP contribution in [0.15, 0.2) is 48.5 Å². The molecule has 0 aliphatic carbocycles. The summed E-state index contributed by atoms with van der Waals surface area (Å²) in [6, 6.07) is 14.5. The summed E-state index contributed by atoms with van der Waals surface area (Å²) in [5.74, 6) is 0.531. The van der Waals surface area contributed by atoms with Crippen LogP contribution in [0.3, 0.4) is 0 Å². The van der Waals surface area contributed by atoms with Crippen LogP contribution in [0.4, 0.5) is 5.69 Å². The van der Waals surface area contributed by atoms with E-state index in [9.17, 15) is 13.2 Å². The standard InChI is InChI=1S/C20H26N2O5S/c1-15(16-8-6-5-7-9-16)13-21-20(23)14-22(28(4,24)25)18-11-10-17(26-2)12-19(18)27-3/h5-12,15H,13-14H2,1-4H3,(H,21,23)/t15-/m1/s1. The highest BCUT2D eigenvalue weighted by Crippen LogP contribution is 2.33. The average molecular weight is 407 g/mol. The number of rotatable bonds is 9. The average Bonchev–Trinajstić information content (AvgIpc) is 2.69. The molecule has 0 bridgehead atoms. The van der Waals surface area contributed by atoms with E-state index in [0.29, 0.717) is 18.0 Å². The second-order valence-electron chi connectivity index (χ2n) is 6.42. The molecule has 2 aromatic carbocycles. The van der Waals surface area contributed by atoms with Gasteiger partial charge in [-0.25, -0.2) is 8.42 Å². The minimum atomic E-state index is -3.70. The summed E-state index contributed by atoms with van der Waals surface area (Å²) in [4.78, 5) is 12.4. The van der Waals surface area contributed by atoms with Gasteiger partial charge in [-0.05, 0) is 23.6 Å². The maximum Gasteiger partial charge on any atom is 0.240 e. The molecule has 0 aliphatic rings. The first-order valence-corrected chi connectivity index (χ1v) is 10.6. The van der Waals surface area contributed by atoms with E-state index < -0.39 is 15.9 Å². The predicted octanol–water partition coefficient (Wildman–Crippen LogP) is 2.39. The summed E-state index contributed by atoms with van der Waals surface area (Å²) in [7, 11) is -0.769. The number of nitrogens with zero attached hydrogens (tertiary/aromatic N) is 1. The first-order chi connectivity index (χ1) is 13.3. The molecule has 152 valence electrons. The molecule has 0 saturated carbocycles. The second kappa shape index (κ2) is 9.45. The molecular weight excluding hydrogens is 380 g/mol. The number of benzene rings is 2. The number of carbonyl (C=O) groups is 1. The molecule has 1 atom stereocenters. The van der Waals surface area contributed by atoms with Crippen molar-refractivity contribution in [2.75, 3.05) is 37.9 Å². The third kappa shape index (κ3) is 5.63. The zero-order chi connectivity index (χ0) is 20.7. The zero-order valence-electron chi connectivity index (χ0n) is 16.5. The Bertz CT molecular complexity index is 900. The highest BCUT2D eigenvalue weighted by molar-refractivity contribution is 7.92. The summed E-state index contributed by atoms with van der Waals surface area (Å²) in [5.41, 5.74) is 1.37. The summed E-state index contributed by atoms with van der Waals surface area (Å²) in [6.07, 6.45) is 1.05. The molecule has 1 amide bonds. The molecule has 2 aromatic rings. The highest BCUT2D eigenvalue weighted by atomic mass is 32.2. The van der Waals surface area contributed by atoms with Gasteiger partial charge in [0.15, 0.2) is 0 Å². The van der Waals surface area contributed by atoms with Gasteiger partial charge in [-0.3, -0.25) is 9.10 Å². The highest BCUT2D eigenvalue weighted by Gasteiger charge is 2.24. The van der Waals surface area contributed by atoms with Crippen molar-refractivity contribution in [2.24, 2.45) is 0 Å². The fraction of sp³-hybridized carbons (Fsp3) is 0.350. The third-order valence-electron chi connectivity index (χ3n) is 4.32. The lowest BCUT2D eigenvalue weighted by atomic mass is 10.0. The largest absolute Gasteiger partial charge is 0.497 e. The van der Waals surface area contributed by atoms with E-state index in [2.05, 4.69) is 5.32 Å². The fourth-order valence-corrected chi connectivity index (χ4v) is 3.58. The lowest BCUT2D eigenvalue weighted by Crippen LogP contribution is -2.41. The lowest BCUT2D eigenvalue weighted by molar-refractivity contribution is -0.119. The molecule has 28 heavy (non-hydrogen) atoms. The van der Waals surface area contributed by atoms with E-state index in [1.165, 1.54) is 14.2 Å². The van der Waals surface area contributed by atoms with Crippen molar-refractivity contribution in [1.29, 1.82) is 0 Å². The number of nitrogens with one attached hydrogen (secondary N) is 1. The number of sulfonamides is 1. The van der Waals surface area contributed by atoms with Gasteiger partial charge in [-0.15, -0.1) is 0 Å². The predicted molar refractivity (Wildman–Crippen MR) is 110 cm³/mol. The molecule has 2 rings (SSSR count). The Balaban J connectivity index is 2.14. The monoisotopic (exact) mass is 406 g/mol. The van der Waals surface area contributed by atoms with E-state index in [-0.39, 0.29) is 18.2 Å². The molecule has 8 heteroatoms. The Labute approximate surface area is 166 Å². The van der Waals surface area contributed by atoms with Crippen LogP contribution in [0.1, 0.15) is 18.4 Å². The first kappa shape index (κ1) is 21.6. The Morgan fingerprint density at radius 1 is 1.11 bits per heavy atom. The van der Waals surface area contributed by atoms with Crippen LogP contribution in [-0.4, -0.2) is 47.9 Å². The van der Waals surface area contributed by atoms with Crippen molar-refractivity contribution in [3.05, 3.63) is 54.1 Å².